The Labute approximate surface area is 151 Å². The summed E-state index contributed by atoms with van der Waals surface area (Å²) in [7, 11) is 0. The van der Waals surface area contributed by atoms with Gasteiger partial charge in [-0.05, 0) is 48.2 Å². The predicted octanol–water partition coefficient (Wildman–Crippen LogP) is 0.446. The van der Waals surface area contributed by atoms with Gasteiger partial charge in [-0.25, -0.2) is 0 Å². The fourth-order valence-corrected chi connectivity index (χ4v) is 1.99. The van der Waals surface area contributed by atoms with Crippen molar-refractivity contribution in [1.29, 1.82) is 0 Å². The molecular formula is C18H24N4O4. The molecule has 0 bridgehead atoms. The Morgan fingerprint density at radius 3 is 1.19 bits per heavy atom. The van der Waals surface area contributed by atoms with Crippen LogP contribution >= 0.6 is 0 Å². The zero-order valence-corrected chi connectivity index (χ0v) is 14.2. The number of carboxylic acid groups (broad SMARTS) is 2. The molecule has 2 aromatic rings. The highest BCUT2D eigenvalue weighted by atomic mass is 16.4. The maximum Gasteiger partial charge on any atom is 0.320 e. The highest BCUT2D eigenvalue weighted by Gasteiger charge is 2.12. The van der Waals surface area contributed by atoms with Crippen LogP contribution in [0.5, 0.6) is 0 Å². The quantitative estimate of drug-likeness (QED) is 0.402. The minimum Gasteiger partial charge on any atom is -0.480 e. The van der Waals surface area contributed by atoms with E-state index in [1.807, 2.05) is 0 Å². The minimum atomic E-state index is -0.989. The van der Waals surface area contributed by atoms with Crippen molar-refractivity contribution in [2.75, 3.05) is 11.5 Å². The van der Waals surface area contributed by atoms with Gasteiger partial charge in [-0.3, -0.25) is 9.59 Å². The third-order valence-corrected chi connectivity index (χ3v) is 3.51. The molecule has 0 saturated carbocycles. The van der Waals surface area contributed by atoms with Gasteiger partial charge in [0.25, 0.3) is 0 Å². The number of anilines is 2. The summed E-state index contributed by atoms with van der Waals surface area (Å²) in [6, 6.07) is 12.3. The lowest BCUT2D eigenvalue weighted by Crippen LogP contribution is -2.32. The van der Waals surface area contributed by atoms with Crippen LogP contribution in [0.25, 0.3) is 0 Å². The summed E-state index contributed by atoms with van der Waals surface area (Å²) in [6.45, 7) is 0. The van der Waals surface area contributed by atoms with E-state index in [9.17, 15) is 9.59 Å². The van der Waals surface area contributed by atoms with Crippen molar-refractivity contribution < 1.29 is 19.8 Å². The molecule has 0 fully saturated rings. The summed E-state index contributed by atoms with van der Waals surface area (Å²) in [5, 5.41) is 17.1. The fourth-order valence-electron chi connectivity index (χ4n) is 1.99. The Kier molecular flexibility index (Phi) is 8.07. The molecule has 0 aliphatic rings. The van der Waals surface area contributed by atoms with Crippen molar-refractivity contribution in [3.63, 3.8) is 0 Å². The van der Waals surface area contributed by atoms with Crippen molar-refractivity contribution >= 4 is 23.3 Å². The first kappa shape index (κ1) is 20.9. The molecule has 2 rings (SSSR count). The van der Waals surface area contributed by atoms with Crippen molar-refractivity contribution in [1.82, 2.24) is 0 Å². The highest BCUT2D eigenvalue weighted by Crippen LogP contribution is 2.08. The normalized spacial score (nSPS) is 12.4. The lowest BCUT2D eigenvalue weighted by atomic mass is 10.1. The third-order valence-electron chi connectivity index (χ3n) is 3.51. The zero-order chi connectivity index (χ0) is 19.7. The molecule has 8 heteroatoms. The van der Waals surface area contributed by atoms with Gasteiger partial charge in [0.05, 0.1) is 0 Å². The number of nitrogen functional groups attached to an aromatic ring is 2. The largest absolute Gasteiger partial charge is 0.480 e. The van der Waals surface area contributed by atoms with Crippen LogP contribution in [0.4, 0.5) is 11.4 Å². The molecular weight excluding hydrogens is 336 g/mol. The molecule has 140 valence electrons. The predicted molar refractivity (Wildman–Crippen MR) is 100 cm³/mol. The van der Waals surface area contributed by atoms with Crippen LogP contribution in [0.1, 0.15) is 11.1 Å². The Hall–Kier alpha value is -3.10. The molecule has 0 aromatic heterocycles. The first-order valence-electron chi connectivity index (χ1n) is 7.84. The summed E-state index contributed by atoms with van der Waals surface area (Å²) < 4.78 is 0. The van der Waals surface area contributed by atoms with E-state index in [1.165, 1.54) is 0 Å². The fraction of sp³-hybridized carbons (Fsp3) is 0.222. The maximum atomic E-state index is 10.4. The summed E-state index contributed by atoms with van der Waals surface area (Å²) in [5.74, 6) is -1.98. The number of aliphatic carboxylic acids is 2. The number of carboxylic acids is 2. The summed E-state index contributed by atoms with van der Waals surface area (Å²) in [6.07, 6.45) is 0.658. The third kappa shape index (κ3) is 7.65. The standard InChI is InChI=1S/2C9H12N2O2/c2*10-7-3-1-6(2-4-7)5-8(11)9(12)13/h2*1-4,8H,5,10-11H2,(H,12,13)/t2*8-/m00/s1. The van der Waals surface area contributed by atoms with Crippen molar-refractivity contribution in [2.45, 2.75) is 24.9 Å². The Morgan fingerprint density at radius 2 is 0.962 bits per heavy atom. The van der Waals surface area contributed by atoms with Crippen LogP contribution in [0.2, 0.25) is 0 Å². The van der Waals surface area contributed by atoms with Gasteiger partial charge < -0.3 is 33.1 Å². The van der Waals surface area contributed by atoms with Gasteiger partial charge in [-0.1, -0.05) is 24.3 Å². The molecule has 26 heavy (non-hydrogen) atoms. The van der Waals surface area contributed by atoms with Gasteiger partial charge in [0, 0.05) is 11.4 Å². The zero-order valence-electron chi connectivity index (χ0n) is 14.2. The maximum absolute atomic E-state index is 10.4. The second-order valence-electron chi connectivity index (χ2n) is 5.78. The number of benzene rings is 2. The molecule has 0 unspecified atom stereocenters. The van der Waals surface area contributed by atoms with Crippen LogP contribution in [0, 0.1) is 0 Å². The Balaban J connectivity index is 0.000000260. The summed E-state index contributed by atoms with van der Waals surface area (Å²) >= 11 is 0. The molecule has 0 radical (unpaired) electrons. The smallest absolute Gasteiger partial charge is 0.320 e. The molecule has 2 atom stereocenters. The van der Waals surface area contributed by atoms with Gasteiger partial charge in [-0.2, -0.15) is 0 Å². The summed E-state index contributed by atoms with van der Waals surface area (Å²) in [5.41, 5.74) is 24.7. The number of nitrogens with two attached hydrogens (primary N) is 4. The van der Waals surface area contributed by atoms with Crippen molar-refractivity contribution in [3.8, 4) is 0 Å². The van der Waals surface area contributed by atoms with Gasteiger partial charge in [-0.15, -0.1) is 0 Å². The average Bonchev–Trinajstić information content (AvgIpc) is 2.59. The number of carbonyl (C=O) groups is 2. The monoisotopic (exact) mass is 360 g/mol. The molecule has 0 heterocycles. The first-order valence-corrected chi connectivity index (χ1v) is 7.84. The second kappa shape index (κ2) is 10.0. The average molecular weight is 360 g/mol. The number of rotatable bonds is 6. The topological polar surface area (TPSA) is 179 Å². The molecule has 0 saturated heterocycles. The van der Waals surface area contributed by atoms with Crippen LogP contribution in [-0.4, -0.2) is 34.2 Å². The van der Waals surface area contributed by atoms with E-state index < -0.39 is 24.0 Å². The first-order chi connectivity index (χ1) is 12.2. The van der Waals surface area contributed by atoms with Gasteiger partial charge >= 0.3 is 11.9 Å². The van der Waals surface area contributed by atoms with E-state index in [4.69, 9.17) is 33.1 Å². The molecule has 8 nitrogen and oxygen atoms in total. The van der Waals surface area contributed by atoms with E-state index in [2.05, 4.69) is 0 Å². The van der Waals surface area contributed by atoms with Gasteiger partial charge in [0.2, 0.25) is 0 Å². The summed E-state index contributed by atoms with van der Waals surface area (Å²) in [4.78, 5) is 20.8. The van der Waals surface area contributed by atoms with E-state index in [-0.39, 0.29) is 0 Å². The second-order valence-corrected chi connectivity index (χ2v) is 5.78. The molecule has 2 aromatic carbocycles. The number of hydrogen-bond acceptors (Lipinski definition) is 6. The van der Waals surface area contributed by atoms with E-state index >= 15 is 0 Å². The minimum absolute atomic E-state index is 0.329. The van der Waals surface area contributed by atoms with Gasteiger partial charge in [0.15, 0.2) is 0 Å². The molecule has 0 spiro atoms. The Bertz CT molecular complexity index is 653. The molecule has 0 aliphatic heterocycles. The van der Waals surface area contributed by atoms with Crippen LogP contribution in [0.15, 0.2) is 48.5 Å². The molecule has 0 amide bonds. The van der Waals surface area contributed by atoms with Crippen LogP contribution < -0.4 is 22.9 Å². The van der Waals surface area contributed by atoms with Crippen molar-refractivity contribution in [2.24, 2.45) is 11.5 Å². The molecule has 0 aliphatic carbocycles. The highest BCUT2D eigenvalue weighted by molar-refractivity contribution is 5.74. The Morgan fingerprint density at radius 1 is 0.692 bits per heavy atom. The SMILES string of the molecule is Nc1ccc(C[C@H](N)C(=O)O)cc1.Nc1ccc(C[C@H](N)C(=O)O)cc1. The van der Waals surface area contributed by atoms with Crippen LogP contribution in [-0.2, 0) is 22.4 Å². The lowest BCUT2D eigenvalue weighted by molar-refractivity contribution is -0.139. The van der Waals surface area contributed by atoms with E-state index in [0.29, 0.717) is 24.2 Å². The number of hydrogen-bond donors (Lipinski definition) is 6. The van der Waals surface area contributed by atoms with E-state index in [0.717, 1.165) is 11.1 Å². The van der Waals surface area contributed by atoms with Crippen molar-refractivity contribution in [3.05, 3.63) is 59.7 Å². The molecule has 10 N–H and O–H groups in total. The van der Waals surface area contributed by atoms with Gasteiger partial charge in [0.1, 0.15) is 12.1 Å². The van der Waals surface area contributed by atoms with Crippen LogP contribution in [0.3, 0.4) is 0 Å². The lowest BCUT2D eigenvalue weighted by Gasteiger charge is -2.05. The van der Waals surface area contributed by atoms with E-state index in [1.54, 1.807) is 48.5 Å².